The number of hydrogen-bond donors (Lipinski definition) is 1. The molecule has 1 N–H and O–H groups in total. The SMILES string of the molecule is CNC(CC1CN(C)CCN1C)c1cccc(Cl)c1Cl. The minimum atomic E-state index is 0.222. The topological polar surface area (TPSA) is 18.5 Å². The first-order valence-electron chi connectivity index (χ1n) is 7.03. The summed E-state index contributed by atoms with van der Waals surface area (Å²) >= 11 is 12.5. The van der Waals surface area contributed by atoms with Crippen LogP contribution in [-0.2, 0) is 0 Å². The van der Waals surface area contributed by atoms with Gasteiger partial charge in [0, 0.05) is 31.7 Å². The van der Waals surface area contributed by atoms with Crippen molar-refractivity contribution in [2.75, 3.05) is 40.8 Å². The molecule has 20 heavy (non-hydrogen) atoms. The minimum Gasteiger partial charge on any atom is -0.313 e. The van der Waals surface area contributed by atoms with Crippen LogP contribution in [0.3, 0.4) is 0 Å². The maximum atomic E-state index is 6.35. The van der Waals surface area contributed by atoms with E-state index in [9.17, 15) is 0 Å². The summed E-state index contributed by atoms with van der Waals surface area (Å²) in [4.78, 5) is 4.82. The van der Waals surface area contributed by atoms with E-state index < -0.39 is 0 Å². The summed E-state index contributed by atoms with van der Waals surface area (Å²) in [5.41, 5.74) is 1.09. The van der Waals surface area contributed by atoms with Gasteiger partial charge in [-0.1, -0.05) is 35.3 Å². The Bertz CT molecular complexity index is 453. The maximum absolute atomic E-state index is 6.35. The number of nitrogens with one attached hydrogen (secondary N) is 1. The maximum Gasteiger partial charge on any atom is 0.0640 e. The molecule has 0 aromatic heterocycles. The number of hydrogen-bond acceptors (Lipinski definition) is 3. The van der Waals surface area contributed by atoms with Crippen molar-refractivity contribution < 1.29 is 0 Å². The third-order valence-corrected chi connectivity index (χ3v) is 5.03. The van der Waals surface area contributed by atoms with Crippen molar-refractivity contribution in [3.8, 4) is 0 Å². The molecule has 0 radical (unpaired) electrons. The molecule has 1 fully saturated rings. The molecule has 0 spiro atoms. The van der Waals surface area contributed by atoms with Crippen LogP contribution in [0.4, 0.5) is 0 Å². The van der Waals surface area contributed by atoms with Gasteiger partial charge in [0.05, 0.1) is 10.0 Å². The molecule has 0 saturated carbocycles. The molecule has 1 heterocycles. The second-order valence-electron chi connectivity index (χ2n) is 5.62. The highest BCUT2D eigenvalue weighted by atomic mass is 35.5. The predicted octanol–water partition coefficient (Wildman–Crippen LogP) is 2.89. The first-order valence-corrected chi connectivity index (χ1v) is 7.78. The third-order valence-electron chi connectivity index (χ3n) is 4.19. The zero-order valence-electron chi connectivity index (χ0n) is 12.4. The molecule has 0 amide bonds. The molecule has 2 rings (SSSR count). The van der Waals surface area contributed by atoms with Gasteiger partial charge in [-0.05, 0) is 39.2 Å². The number of likely N-dealkylation sites (N-methyl/N-ethyl adjacent to an activating group) is 2. The van der Waals surface area contributed by atoms with Gasteiger partial charge in [-0.15, -0.1) is 0 Å². The van der Waals surface area contributed by atoms with E-state index in [1.165, 1.54) is 0 Å². The summed E-state index contributed by atoms with van der Waals surface area (Å²) in [5, 5.41) is 4.67. The predicted molar refractivity (Wildman–Crippen MR) is 86.8 cm³/mol. The summed E-state index contributed by atoms with van der Waals surface area (Å²) in [5.74, 6) is 0. The zero-order chi connectivity index (χ0) is 14.7. The molecule has 1 aliphatic heterocycles. The number of nitrogens with zero attached hydrogens (tertiary/aromatic N) is 2. The number of benzene rings is 1. The van der Waals surface area contributed by atoms with Gasteiger partial charge in [0.25, 0.3) is 0 Å². The molecule has 0 aliphatic carbocycles. The van der Waals surface area contributed by atoms with Gasteiger partial charge in [-0.2, -0.15) is 0 Å². The van der Waals surface area contributed by atoms with Crippen LogP contribution >= 0.6 is 23.2 Å². The summed E-state index contributed by atoms with van der Waals surface area (Å²) in [6.07, 6.45) is 1.03. The normalized spacial score (nSPS) is 22.9. The van der Waals surface area contributed by atoms with Crippen LogP contribution in [0, 0.1) is 0 Å². The van der Waals surface area contributed by atoms with Crippen LogP contribution in [0.1, 0.15) is 18.0 Å². The van der Waals surface area contributed by atoms with Crippen LogP contribution in [0.15, 0.2) is 18.2 Å². The van der Waals surface area contributed by atoms with E-state index in [0.29, 0.717) is 16.1 Å². The Morgan fingerprint density at radius 1 is 1.30 bits per heavy atom. The second-order valence-corrected chi connectivity index (χ2v) is 6.40. The molecular weight excluding hydrogens is 293 g/mol. The van der Waals surface area contributed by atoms with Crippen molar-refractivity contribution in [3.63, 3.8) is 0 Å². The van der Waals surface area contributed by atoms with Crippen LogP contribution in [0.25, 0.3) is 0 Å². The lowest BCUT2D eigenvalue weighted by molar-refractivity contribution is 0.102. The van der Waals surface area contributed by atoms with Crippen molar-refractivity contribution >= 4 is 23.2 Å². The summed E-state index contributed by atoms with van der Waals surface area (Å²) in [7, 11) is 6.36. The number of piperazine rings is 1. The Hall–Kier alpha value is -0.320. The third kappa shape index (κ3) is 3.66. The molecule has 2 unspecified atom stereocenters. The summed E-state index contributed by atoms with van der Waals surface area (Å²) in [6.45, 7) is 3.34. The number of rotatable bonds is 4. The lowest BCUT2D eigenvalue weighted by Gasteiger charge is -2.39. The van der Waals surface area contributed by atoms with Gasteiger partial charge < -0.3 is 15.1 Å². The second kappa shape index (κ2) is 7.10. The highest BCUT2D eigenvalue weighted by Gasteiger charge is 2.26. The molecule has 1 aromatic rings. The molecule has 0 bridgehead atoms. The van der Waals surface area contributed by atoms with E-state index in [0.717, 1.165) is 31.6 Å². The lowest BCUT2D eigenvalue weighted by atomic mass is 9.97. The van der Waals surface area contributed by atoms with E-state index in [1.807, 2.05) is 19.2 Å². The van der Waals surface area contributed by atoms with Crippen LogP contribution in [-0.4, -0.2) is 56.6 Å². The Morgan fingerprint density at radius 3 is 2.75 bits per heavy atom. The monoisotopic (exact) mass is 315 g/mol. The zero-order valence-corrected chi connectivity index (χ0v) is 13.9. The smallest absolute Gasteiger partial charge is 0.0640 e. The van der Waals surface area contributed by atoms with Gasteiger partial charge in [-0.3, -0.25) is 0 Å². The van der Waals surface area contributed by atoms with Gasteiger partial charge in [0.1, 0.15) is 0 Å². The molecule has 5 heteroatoms. The highest BCUT2D eigenvalue weighted by Crippen LogP contribution is 2.32. The standard InChI is InChI=1S/C15H23Cl2N3/c1-18-14(12-5-4-6-13(16)15(12)17)9-11-10-19(2)7-8-20(11)3/h4-6,11,14,18H,7-10H2,1-3H3. The molecule has 1 aromatic carbocycles. The number of halogens is 2. The Labute approximate surface area is 131 Å². The minimum absolute atomic E-state index is 0.222. The van der Waals surface area contributed by atoms with E-state index >= 15 is 0 Å². The van der Waals surface area contributed by atoms with Gasteiger partial charge >= 0.3 is 0 Å². The molecule has 1 aliphatic rings. The molecule has 3 nitrogen and oxygen atoms in total. The summed E-state index contributed by atoms with van der Waals surface area (Å²) < 4.78 is 0. The van der Waals surface area contributed by atoms with Crippen LogP contribution in [0.5, 0.6) is 0 Å². The van der Waals surface area contributed by atoms with E-state index in [2.05, 4.69) is 35.3 Å². The quantitative estimate of drug-likeness (QED) is 0.921. The Kier molecular flexibility index (Phi) is 5.70. The Morgan fingerprint density at radius 2 is 2.05 bits per heavy atom. The molecule has 1 saturated heterocycles. The van der Waals surface area contributed by atoms with Crippen LogP contribution in [0.2, 0.25) is 10.0 Å². The average Bonchev–Trinajstić information content (AvgIpc) is 2.43. The molecular formula is C15H23Cl2N3. The fraction of sp³-hybridized carbons (Fsp3) is 0.600. The van der Waals surface area contributed by atoms with Crippen molar-refractivity contribution in [3.05, 3.63) is 33.8 Å². The van der Waals surface area contributed by atoms with E-state index in [1.54, 1.807) is 0 Å². The van der Waals surface area contributed by atoms with Crippen molar-refractivity contribution in [1.29, 1.82) is 0 Å². The lowest BCUT2D eigenvalue weighted by Crippen LogP contribution is -2.50. The van der Waals surface area contributed by atoms with E-state index in [-0.39, 0.29) is 6.04 Å². The van der Waals surface area contributed by atoms with Crippen LogP contribution < -0.4 is 5.32 Å². The first-order chi connectivity index (χ1) is 9.52. The van der Waals surface area contributed by atoms with E-state index in [4.69, 9.17) is 23.2 Å². The average molecular weight is 316 g/mol. The fourth-order valence-corrected chi connectivity index (χ4v) is 3.26. The van der Waals surface area contributed by atoms with Crippen molar-refractivity contribution in [2.24, 2.45) is 0 Å². The summed E-state index contributed by atoms with van der Waals surface area (Å²) in [6, 6.07) is 6.61. The van der Waals surface area contributed by atoms with Crippen molar-refractivity contribution in [2.45, 2.75) is 18.5 Å². The molecule has 2 atom stereocenters. The van der Waals surface area contributed by atoms with Gasteiger partial charge in [-0.25, -0.2) is 0 Å². The highest BCUT2D eigenvalue weighted by molar-refractivity contribution is 6.42. The largest absolute Gasteiger partial charge is 0.313 e. The van der Waals surface area contributed by atoms with Gasteiger partial charge in [0.15, 0.2) is 0 Å². The first kappa shape index (κ1) is 16.1. The Balaban J connectivity index is 2.14. The van der Waals surface area contributed by atoms with Crippen molar-refractivity contribution in [1.82, 2.24) is 15.1 Å². The molecule has 112 valence electrons. The van der Waals surface area contributed by atoms with Gasteiger partial charge in [0.2, 0.25) is 0 Å². The fourth-order valence-electron chi connectivity index (χ4n) is 2.82.